The molecule has 0 bridgehead atoms. The van der Waals surface area contributed by atoms with Crippen LogP contribution in [0.25, 0.3) is 0 Å². The molecule has 1 aromatic heterocycles. The third-order valence-electron chi connectivity index (χ3n) is 3.23. The van der Waals surface area contributed by atoms with Crippen LogP contribution in [0, 0.1) is 11.3 Å². The van der Waals surface area contributed by atoms with E-state index >= 15 is 0 Å². The summed E-state index contributed by atoms with van der Waals surface area (Å²) in [5, 5.41) is 16.6. The summed E-state index contributed by atoms with van der Waals surface area (Å²) in [5.74, 6) is 1.31. The van der Waals surface area contributed by atoms with Gasteiger partial charge < -0.3 is 15.8 Å². The highest BCUT2D eigenvalue weighted by atomic mass is 16.5. The zero-order valence-corrected chi connectivity index (χ0v) is 12.5. The van der Waals surface area contributed by atoms with Crippen molar-refractivity contribution in [2.24, 2.45) is 7.05 Å². The molecule has 21 heavy (non-hydrogen) atoms. The number of aromatic nitrogens is 2. The van der Waals surface area contributed by atoms with Crippen molar-refractivity contribution in [1.29, 1.82) is 5.26 Å². The van der Waals surface area contributed by atoms with E-state index in [9.17, 15) is 0 Å². The predicted octanol–water partition coefficient (Wildman–Crippen LogP) is 2.58. The summed E-state index contributed by atoms with van der Waals surface area (Å²) < 4.78 is 7.03. The van der Waals surface area contributed by atoms with Gasteiger partial charge in [0.1, 0.15) is 5.75 Å². The Morgan fingerprint density at radius 3 is 2.86 bits per heavy atom. The highest BCUT2D eigenvalue weighted by molar-refractivity contribution is 5.74. The number of methoxy groups -OCH3 is 1. The van der Waals surface area contributed by atoms with Gasteiger partial charge in [-0.15, -0.1) is 0 Å². The zero-order valence-electron chi connectivity index (χ0n) is 12.5. The summed E-state index contributed by atoms with van der Waals surface area (Å²) in [7, 11) is 3.41. The first-order valence-electron chi connectivity index (χ1n) is 6.77. The number of hydrogen-bond donors (Lipinski definition) is 2. The molecule has 1 heterocycles. The van der Waals surface area contributed by atoms with Crippen LogP contribution in [-0.4, -0.2) is 16.9 Å². The monoisotopic (exact) mass is 285 g/mol. The van der Waals surface area contributed by atoms with Crippen LogP contribution in [0.2, 0.25) is 0 Å². The second-order valence-corrected chi connectivity index (χ2v) is 4.73. The van der Waals surface area contributed by atoms with Crippen molar-refractivity contribution in [2.75, 3.05) is 18.2 Å². The third-order valence-corrected chi connectivity index (χ3v) is 3.23. The Hall–Kier alpha value is -2.68. The molecule has 2 aromatic rings. The molecule has 6 heteroatoms. The van der Waals surface area contributed by atoms with Crippen LogP contribution in [0.4, 0.5) is 17.2 Å². The standard InChI is InChI=1S/C15H19N5O/c1-4-5-12-14(17)15(20(2)19-12)18-11-7-6-10(9-16)8-13(11)21-3/h6-8,18H,4-5,17H2,1-3H3. The molecule has 0 radical (unpaired) electrons. The van der Waals surface area contributed by atoms with E-state index in [0.29, 0.717) is 17.0 Å². The summed E-state index contributed by atoms with van der Waals surface area (Å²) in [6, 6.07) is 7.29. The lowest BCUT2D eigenvalue weighted by atomic mass is 10.2. The van der Waals surface area contributed by atoms with Gasteiger partial charge in [0.05, 0.1) is 35.8 Å². The fraction of sp³-hybridized carbons (Fsp3) is 0.333. The minimum absolute atomic E-state index is 0.544. The minimum Gasteiger partial charge on any atom is -0.495 e. The van der Waals surface area contributed by atoms with Crippen molar-refractivity contribution >= 4 is 17.2 Å². The van der Waals surface area contributed by atoms with Crippen LogP contribution in [0.5, 0.6) is 5.75 Å². The van der Waals surface area contributed by atoms with Crippen molar-refractivity contribution in [3.05, 3.63) is 29.5 Å². The van der Waals surface area contributed by atoms with E-state index in [0.717, 1.165) is 30.0 Å². The lowest BCUT2D eigenvalue weighted by Crippen LogP contribution is -2.03. The smallest absolute Gasteiger partial charge is 0.152 e. The number of nitrogens with one attached hydrogen (secondary N) is 1. The van der Waals surface area contributed by atoms with E-state index in [1.807, 2.05) is 7.05 Å². The number of nitrogens with two attached hydrogens (primary N) is 1. The average molecular weight is 285 g/mol. The van der Waals surface area contributed by atoms with Crippen LogP contribution in [0.1, 0.15) is 24.6 Å². The molecule has 0 saturated heterocycles. The maximum atomic E-state index is 8.93. The molecule has 0 aliphatic rings. The molecule has 0 amide bonds. The lowest BCUT2D eigenvalue weighted by molar-refractivity contribution is 0.416. The molecule has 0 unspecified atom stereocenters. The fourth-order valence-electron chi connectivity index (χ4n) is 2.16. The average Bonchev–Trinajstić information content (AvgIpc) is 2.75. The molecule has 0 spiro atoms. The molecule has 0 aliphatic carbocycles. The molecule has 2 rings (SSSR count). The second-order valence-electron chi connectivity index (χ2n) is 4.73. The van der Waals surface area contributed by atoms with Gasteiger partial charge in [-0.3, -0.25) is 4.68 Å². The second kappa shape index (κ2) is 6.18. The van der Waals surface area contributed by atoms with Gasteiger partial charge in [0.2, 0.25) is 0 Å². The molecule has 0 atom stereocenters. The van der Waals surface area contributed by atoms with Crippen LogP contribution in [-0.2, 0) is 13.5 Å². The first-order valence-corrected chi connectivity index (χ1v) is 6.77. The van der Waals surface area contributed by atoms with Gasteiger partial charge in [-0.05, 0) is 18.6 Å². The zero-order chi connectivity index (χ0) is 15.4. The summed E-state index contributed by atoms with van der Waals surface area (Å²) in [4.78, 5) is 0. The number of nitrogens with zero attached hydrogens (tertiary/aromatic N) is 3. The first kappa shape index (κ1) is 14.7. The highest BCUT2D eigenvalue weighted by Gasteiger charge is 2.14. The Morgan fingerprint density at radius 2 is 2.24 bits per heavy atom. The Kier molecular flexibility index (Phi) is 4.33. The Labute approximate surface area is 124 Å². The maximum Gasteiger partial charge on any atom is 0.152 e. The molecular formula is C15H19N5O. The van der Waals surface area contributed by atoms with Crippen molar-refractivity contribution in [3.8, 4) is 11.8 Å². The van der Waals surface area contributed by atoms with E-state index in [-0.39, 0.29) is 0 Å². The summed E-state index contributed by atoms with van der Waals surface area (Å²) in [6.45, 7) is 2.09. The summed E-state index contributed by atoms with van der Waals surface area (Å²) in [5.41, 5.74) is 8.96. The summed E-state index contributed by atoms with van der Waals surface area (Å²) in [6.07, 6.45) is 1.83. The van der Waals surface area contributed by atoms with E-state index in [1.54, 1.807) is 30.0 Å². The van der Waals surface area contributed by atoms with Crippen LogP contribution < -0.4 is 15.8 Å². The molecule has 0 aliphatic heterocycles. The predicted molar refractivity (Wildman–Crippen MR) is 82.6 cm³/mol. The lowest BCUT2D eigenvalue weighted by Gasteiger charge is -2.12. The first-order chi connectivity index (χ1) is 10.1. The van der Waals surface area contributed by atoms with Gasteiger partial charge >= 0.3 is 0 Å². The van der Waals surface area contributed by atoms with Gasteiger partial charge in [0.25, 0.3) is 0 Å². The molecule has 110 valence electrons. The topological polar surface area (TPSA) is 88.9 Å². The summed E-state index contributed by atoms with van der Waals surface area (Å²) >= 11 is 0. The highest BCUT2D eigenvalue weighted by Crippen LogP contribution is 2.32. The Balaban J connectivity index is 2.37. The maximum absolute atomic E-state index is 8.93. The Bertz CT molecular complexity index is 684. The molecule has 0 fully saturated rings. The normalized spacial score (nSPS) is 10.2. The van der Waals surface area contributed by atoms with Gasteiger partial charge in [-0.2, -0.15) is 10.4 Å². The largest absolute Gasteiger partial charge is 0.495 e. The molecule has 0 saturated carbocycles. The van der Waals surface area contributed by atoms with Crippen LogP contribution >= 0.6 is 0 Å². The SMILES string of the molecule is CCCc1nn(C)c(Nc2ccc(C#N)cc2OC)c1N. The number of hydrogen-bond acceptors (Lipinski definition) is 5. The van der Waals surface area contributed by atoms with E-state index < -0.39 is 0 Å². The number of benzene rings is 1. The molecule has 1 aromatic carbocycles. The Morgan fingerprint density at radius 1 is 1.48 bits per heavy atom. The van der Waals surface area contributed by atoms with Gasteiger partial charge in [-0.25, -0.2) is 0 Å². The number of ether oxygens (including phenoxy) is 1. The van der Waals surface area contributed by atoms with E-state index in [2.05, 4.69) is 23.4 Å². The number of rotatable bonds is 5. The number of nitrogen functional groups attached to an aromatic ring is 1. The van der Waals surface area contributed by atoms with Crippen molar-refractivity contribution < 1.29 is 4.74 Å². The van der Waals surface area contributed by atoms with Crippen LogP contribution in [0.3, 0.4) is 0 Å². The quantitative estimate of drug-likeness (QED) is 0.881. The van der Waals surface area contributed by atoms with Crippen molar-refractivity contribution in [2.45, 2.75) is 19.8 Å². The van der Waals surface area contributed by atoms with Crippen molar-refractivity contribution in [1.82, 2.24) is 9.78 Å². The van der Waals surface area contributed by atoms with Gasteiger partial charge in [0, 0.05) is 13.1 Å². The molecule has 6 nitrogen and oxygen atoms in total. The number of anilines is 3. The van der Waals surface area contributed by atoms with Crippen LogP contribution in [0.15, 0.2) is 18.2 Å². The molecular weight excluding hydrogens is 266 g/mol. The minimum atomic E-state index is 0.544. The molecule has 3 N–H and O–H groups in total. The van der Waals surface area contributed by atoms with E-state index in [1.165, 1.54) is 0 Å². The van der Waals surface area contributed by atoms with Crippen molar-refractivity contribution in [3.63, 3.8) is 0 Å². The third kappa shape index (κ3) is 2.92. The fourth-order valence-corrected chi connectivity index (χ4v) is 2.16. The van der Waals surface area contributed by atoms with E-state index in [4.69, 9.17) is 15.7 Å². The van der Waals surface area contributed by atoms with Gasteiger partial charge in [0.15, 0.2) is 5.82 Å². The van der Waals surface area contributed by atoms with Gasteiger partial charge in [-0.1, -0.05) is 13.3 Å². The number of aryl methyl sites for hydroxylation is 2. The number of nitriles is 1.